The van der Waals surface area contributed by atoms with Gasteiger partial charge in [-0.25, -0.2) is 14.8 Å². The van der Waals surface area contributed by atoms with Gasteiger partial charge in [0.15, 0.2) is 5.65 Å². The number of rotatable bonds is 4. The number of carboxylic acid groups (broad SMARTS) is 1. The van der Waals surface area contributed by atoms with Crippen LogP contribution < -0.4 is 0 Å². The van der Waals surface area contributed by atoms with Crippen molar-refractivity contribution in [3.8, 4) is 0 Å². The van der Waals surface area contributed by atoms with Crippen LogP contribution >= 0.6 is 0 Å². The van der Waals surface area contributed by atoms with Crippen LogP contribution in [0.5, 0.6) is 0 Å². The number of carboxylic acids is 1. The number of nitrogens with zero attached hydrogens (tertiary/aromatic N) is 2. The number of aromatic nitrogens is 3. The second-order valence-corrected chi connectivity index (χ2v) is 3.97. The van der Waals surface area contributed by atoms with E-state index in [0.717, 1.165) is 0 Å². The number of H-pyrrole nitrogens is 1. The summed E-state index contributed by atoms with van der Waals surface area (Å²) in [5.74, 6) is -0.310. The lowest BCUT2D eigenvalue weighted by Gasteiger charge is -1.99. The van der Waals surface area contributed by atoms with Crippen LogP contribution in [-0.2, 0) is 6.42 Å². The highest BCUT2D eigenvalue weighted by Gasteiger charge is 2.09. The number of aromatic amines is 1. The molecule has 1 unspecified atom stereocenters. The van der Waals surface area contributed by atoms with E-state index in [9.17, 15) is 9.90 Å². The van der Waals surface area contributed by atoms with Crippen molar-refractivity contribution < 1.29 is 15.0 Å². The topological polar surface area (TPSA) is 99.1 Å². The van der Waals surface area contributed by atoms with E-state index in [2.05, 4.69) is 15.0 Å². The van der Waals surface area contributed by atoms with E-state index in [0.29, 0.717) is 29.8 Å². The minimum atomic E-state index is -1.01. The molecule has 0 saturated carbocycles. The minimum Gasteiger partial charge on any atom is -0.478 e. The number of aliphatic hydroxyl groups is 1. The third-order valence-corrected chi connectivity index (χ3v) is 2.43. The summed E-state index contributed by atoms with van der Waals surface area (Å²) in [5, 5.41) is 18.0. The molecule has 0 aromatic carbocycles. The van der Waals surface area contributed by atoms with E-state index < -0.39 is 5.97 Å². The van der Waals surface area contributed by atoms with Crippen LogP contribution in [0.15, 0.2) is 12.3 Å². The third kappa shape index (κ3) is 2.59. The van der Waals surface area contributed by atoms with E-state index in [4.69, 9.17) is 5.11 Å². The van der Waals surface area contributed by atoms with E-state index in [1.54, 1.807) is 6.92 Å². The second-order valence-electron chi connectivity index (χ2n) is 3.97. The smallest absolute Gasteiger partial charge is 0.337 e. The summed E-state index contributed by atoms with van der Waals surface area (Å²) in [6.45, 7) is 1.71. The lowest BCUT2D eigenvalue weighted by atomic mass is 10.2. The number of hydrogen-bond donors (Lipinski definition) is 3. The van der Waals surface area contributed by atoms with Gasteiger partial charge in [-0.1, -0.05) is 0 Å². The van der Waals surface area contributed by atoms with E-state index >= 15 is 0 Å². The van der Waals surface area contributed by atoms with Crippen LogP contribution in [0, 0.1) is 0 Å². The van der Waals surface area contributed by atoms with Gasteiger partial charge in [-0.2, -0.15) is 0 Å². The maximum absolute atomic E-state index is 10.8. The summed E-state index contributed by atoms with van der Waals surface area (Å²) in [6.07, 6.45) is 2.11. The van der Waals surface area contributed by atoms with Crippen molar-refractivity contribution in [1.29, 1.82) is 0 Å². The molecule has 6 heteroatoms. The number of carbonyl (C=O) groups is 1. The predicted molar refractivity (Wildman–Crippen MR) is 60.8 cm³/mol. The van der Waals surface area contributed by atoms with Gasteiger partial charge in [-0.3, -0.25) is 0 Å². The van der Waals surface area contributed by atoms with Crippen molar-refractivity contribution in [3.63, 3.8) is 0 Å². The minimum absolute atomic E-state index is 0.128. The van der Waals surface area contributed by atoms with Gasteiger partial charge in [0.25, 0.3) is 0 Å². The average Bonchev–Trinajstić information content (AvgIpc) is 2.67. The van der Waals surface area contributed by atoms with Crippen molar-refractivity contribution >= 4 is 17.1 Å². The molecule has 0 radical (unpaired) electrons. The Bertz CT molecular complexity index is 548. The van der Waals surface area contributed by atoms with Crippen molar-refractivity contribution in [1.82, 2.24) is 15.0 Å². The molecule has 3 N–H and O–H groups in total. The molecule has 6 nitrogen and oxygen atoms in total. The first-order chi connectivity index (χ1) is 8.06. The Balaban J connectivity index is 2.27. The first-order valence-corrected chi connectivity index (χ1v) is 5.32. The summed E-state index contributed by atoms with van der Waals surface area (Å²) < 4.78 is 0. The van der Waals surface area contributed by atoms with Crippen molar-refractivity contribution in [3.05, 3.63) is 23.7 Å². The number of aryl methyl sites for hydroxylation is 1. The van der Waals surface area contributed by atoms with Crippen LogP contribution in [0.4, 0.5) is 0 Å². The van der Waals surface area contributed by atoms with Crippen molar-refractivity contribution in [2.24, 2.45) is 0 Å². The molecule has 17 heavy (non-hydrogen) atoms. The monoisotopic (exact) mass is 235 g/mol. The molecule has 2 aromatic heterocycles. The molecule has 2 heterocycles. The molecule has 2 rings (SSSR count). The van der Waals surface area contributed by atoms with Gasteiger partial charge in [-0.05, 0) is 19.4 Å². The number of hydrogen-bond acceptors (Lipinski definition) is 4. The van der Waals surface area contributed by atoms with Crippen LogP contribution in [-0.4, -0.2) is 37.2 Å². The number of nitrogens with one attached hydrogen (secondary N) is 1. The number of aromatic carboxylic acids is 1. The first-order valence-electron chi connectivity index (χ1n) is 5.32. The number of fused-ring (bicyclic) bond motifs is 1. The van der Waals surface area contributed by atoms with Gasteiger partial charge in [0.2, 0.25) is 0 Å². The van der Waals surface area contributed by atoms with Gasteiger partial charge in [0.05, 0.1) is 17.2 Å². The summed E-state index contributed by atoms with van der Waals surface area (Å²) in [5.41, 5.74) is 1.23. The Morgan fingerprint density at radius 2 is 2.35 bits per heavy atom. The summed E-state index contributed by atoms with van der Waals surface area (Å²) in [7, 11) is 0. The highest BCUT2D eigenvalue weighted by Crippen LogP contribution is 2.12. The molecule has 2 aromatic rings. The molecule has 0 bridgehead atoms. The predicted octanol–water partition coefficient (Wildman–Crippen LogP) is 0.969. The Hall–Kier alpha value is -1.95. The molecular formula is C11H13N3O3. The largest absolute Gasteiger partial charge is 0.478 e. The van der Waals surface area contributed by atoms with Gasteiger partial charge in [0.1, 0.15) is 5.82 Å². The van der Waals surface area contributed by atoms with E-state index in [1.807, 2.05) is 0 Å². The average molecular weight is 235 g/mol. The first kappa shape index (κ1) is 11.5. The molecule has 0 aliphatic heterocycles. The molecular weight excluding hydrogens is 222 g/mol. The zero-order valence-electron chi connectivity index (χ0n) is 9.34. The molecule has 0 amide bonds. The molecule has 0 aliphatic carbocycles. The van der Waals surface area contributed by atoms with Gasteiger partial charge < -0.3 is 15.2 Å². The normalized spacial score (nSPS) is 12.8. The van der Waals surface area contributed by atoms with Gasteiger partial charge in [-0.15, -0.1) is 0 Å². The highest BCUT2D eigenvalue weighted by atomic mass is 16.4. The van der Waals surface area contributed by atoms with E-state index in [1.165, 1.54) is 12.3 Å². The Morgan fingerprint density at radius 1 is 1.59 bits per heavy atom. The third-order valence-electron chi connectivity index (χ3n) is 2.43. The molecule has 0 fully saturated rings. The number of aliphatic hydroxyl groups excluding tert-OH is 1. The quantitative estimate of drug-likeness (QED) is 0.733. The van der Waals surface area contributed by atoms with Crippen molar-refractivity contribution in [2.75, 3.05) is 0 Å². The molecule has 90 valence electrons. The molecule has 0 saturated heterocycles. The summed E-state index contributed by atoms with van der Waals surface area (Å²) in [6, 6.07) is 1.50. The fourth-order valence-electron chi connectivity index (χ4n) is 1.53. The fraction of sp³-hybridized carbons (Fsp3) is 0.364. The van der Waals surface area contributed by atoms with Crippen LogP contribution in [0.2, 0.25) is 0 Å². The SMILES string of the molecule is CC(O)CCc1nc2ncc(C(=O)O)cc2[nH]1. The Kier molecular flexibility index (Phi) is 3.06. The number of pyridine rings is 1. The van der Waals surface area contributed by atoms with Gasteiger partial charge in [0, 0.05) is 12.6 Å². The van der Waals surface area contributed by atoms with E-state index in [-0.39, 0.29) is 11.7 Å². The summed E-state index contributed by atoms with van der Waals surface area (Å²) >= 11 is 0. The second kappa shape index (κ2) is 4.50. The van der Waals surface area contributed by atoms with Gasteiger partial charge >= 0.3 is 5.97 Å². The maximum atomic E-state index is 10.8. The molecule has 0 spiro atoms. The zero-order chi connectivity index (χ0) is 12.4. The zero-order valence-corrected chi connectivity index (χ0v) is 9.34. The lowest BCUT2D eigenvalue weighted by Crippen LogP contribution is -2.02. The standard InChI is InChI=1S/C11H13N3O3/c1-6(15)2-3-9-13-8-4-7(11(16)17)5-12-10(8)14-9/h4-6,15H,2-3H2,1H3,(H,16,17)(H,12,13,14). The maximum Gasteiger partial charge on any atom is 0.337 e. The van der Waals surface area contributed by atoms with Crippen LogP contribution in [0.1, 0.15) is 29.5 Å². The number of imidazole rings is 1. The van der Waals surface area contributed by atoms with Crippen LogP contribution in [0.3, 0.4) is 0 Å². The fourth-order valence-corrected chi connectivity index (χ4v) is 1.53. The lowest BCUT2D eigenvalue weighted by molar-refractivity contribution is 0.0696. The van der Waals surface area contributed by atoms with Crippen molar-refractivity contribution in [2.45, 2.75) is 25.9 Å². The molecule has 1 atom stereocenters. The Labute approximate surface area is 97.3 Å². The Morgan fingerprint density at radius 3 is 3.00 bits per heavy atom. The summed E-state index contributed by atoms with van der Waals surface area (Å²) in [4.78, 5) is 21.9. The molecule has 0 aliphatic rings. The highest BCUT2D eigenvalue weighted by molar-refractivity contribution is 5.90. The van der Waals surface area contributed by atoms with Crippen LogP contribution in [0.25, 0.3) is 11.2 Å².